The molecule has 1 aliphatic heterocycles. The monoisotopic (exact) mass is 221 g/mol. The van der Waals surface area contributed by atoms with Crippen LogP contribution in [0.2, 0.25) is 0 Å². The fourth-order valence-corrected chi connectivity index (χ4v) is 1.48. The van der Waals surface area contributed by atoms with Crippen LogP contribution in [0.25, 0.3) is 6.08 Å². The molecule has 0 aromatic heterocycles. The second-order valence-corrected chi connectivity index (χ2v) is 3.55. The molecule has 1 atom stereocenters. The van der Waals surface area contributed by atoms with E-state index in [9.17, 15) is 10.1 Å². The van der Waals surface area contributed by atoms with Gasteiger partial charge in [-0.25, -0.2) is 0 Å². The normalized spacial score (nSPS) is 18.6. The molecular formula is C11H11NO4. The average molecular weight is 221 g/mol. The summed E-state index contributed by atoms with van der Waals surface area (Å²) < 4.78 is 10.7. The molecule has 0 spiro atoms. The van der Waals surface area contributed by atoms with Gasteiger partial charge in [0.25, 0.3) is 0 Å². The molecule has 0 saturated heterocycles. The van der Waals surface area contributed by atoms with E-state index in [1.54, 1.807) is 25.1 Å². The zero-order valence-corrected chi connectivity index (χ0v) is 8.97. The van der Waals surface area contributed by atoms with Gasteiger partial charge < -0.3 is 9.47 Å². The molecule has 0 saturated carbocycles. The standard InChI is InChI=1S/C11H11NO4/c1-7(12(13)14)5-9-3-4-10-11(6-9)16-8(2)15-10/h3-6,8H,1-2H3/b7-5+. The van der Waals surface area contributed by atoms with Crippen LogP contribution in [0, 0.1) is 10.1 Å². The van der Waals surface area contributed by atoms with Crippen LogP contribution in [0.5, 0.6) is 11.5 Å². The van der Waals surface area contributed by atoms with Crippen LogP contribution in [0.1, 0.15) is 19.4 Å². The summed E-state index contributed by atoms with van der Waals surface area (Å²) in [6, 6.07) is 5.23. The van der Waals surface area contributed by atoms with E-state index in [0.717, 1.165) is 5.56 Å². The summed E-state index contributed by atoms with van der Waals surface area (Å²) >= 11 is 0. The van der Waals surface area contributed by atoms with Gasteiger partial charge in [-0.2, -0.15) is 0 Å². The first-order valence-corrected chi connectivity index (χ1v) is 4.86. The molecule has 84 valence electrons. The van der Waals surface area contributed by atoms with Crippen LogP contribution >= 0.6 is 0 Å². The molecule has 0 aliphatic carbocycles. The van der Waals surface area contributed by atoms with Crippen LogP contribution in [0.15, 0.2) is 23.9 Å². The maximum absolute atomic E-state index is 10.5. The van der Waals surface area contributed by atoms with E-state index in [2.05, 4.69) is 0 Å². The van der Waals surface area contributed by atoms with Gasteiger partial charge in [-0.1, -0.05) is 6.07 Å². The summed E-state index contributed by atoms with van der Waals surface area (Å²) in [7, 11) is 0. The van der Waals surface area contributed by atoms with Gasteiger partial charge in [0, 0.05) is 19.9 Å². The lowest BCUT2D eigenvalue weighted by Crippen LogP contribution is -2.11. The number of nitro groups is 1. The number of hydrogen-bond acceptors (Lipinski definition) is 4. The van der Waals surface area contributed by atoms with Crippen molar-refractivity contribution in [2.75, 3.05) is 0 Å². The molecule has 16 heavy (non-hydrogen) atoms. The van der Waals surface area contributed by atoms with Gasteiger partial charge in [0.2, 0.25) is 12.0 Å². The molecule has 1 aromatic carbocycles. The molecule has 1 aromatic rings. The maximum atomic E-state index is 10.5. The largest absolute Gasteiger partial charge is 0.451 e. The Morgan fingerprint density at radius 3 is 2.81 bits per heavy atom. The van der Waals surface area contributed by atoms with Crippen LogP contribution in [-0.4, -0.2) is 11.2 Å². The third-order valence-electron chi connectivity index (χ3n) is 2.22. The SMILES string of the molecule is C/C(=C\c1ccc2c(c1)OC(C)O2)[N+](=O)[O-]. The Labute approximate surface area is 92.4 Å². The second-order valence-electron chi connectivity index (χ2n) is 3.55. The van der Waals surface area contributed by atoms with E-state index in [1.165, 1.54) is 13.0 Å². The first-order valence-electron chi connectivity index (χ1n) is 4.86. The van der Waals surface area contributed by atoms with Crippen molar-refractivity contribution in [2.45, 2.75) is 20.1 Å². The predicted molar refractivity (Wildman–Crippen MR) is 57.8 cm³/mol. The summed E-state index contributed by atoms with van der Waals surface area (Å²) in [6.07, 6.45) is 1.19. The average Bonchev–Trinajstić information content (AvgIpc) is 2.57. The van der Waals surface area contributed by atoms with Crippen LogP contribution < -0.4 is 9.47 Å². The van der Waals surface area contributed by atoms with E-state index >= 15 is 0 Å². The lowest BCUT2D eigenvalue weighted by Gasteiger charge is -1.99. The van der Waals surface area contributed by atoms with Crippen molar-refractivity contribution in [2.24, 2.45) is 0 Å². The van der Waals surface area contributed by atoms with Gasteiger partial charge >= 0.3 is 0 Å². The first kappa shape index (κ1) is 10.5. The van der Waals surface area contributed by atoms with Crippen LogP contribution in [0.3, 0.4) is 0 Å². The van der Waals surface area contributed by atoms with Gasteiger partial charge in [-0.15, -0.1) is 0 Å². The Kier molecular flexibility index (Phi) is 2.52. The summed E-state index contributed by atoms with van der Waals surface area (Å²) in [4.78, 5) is 10.0. The molecule has 5 heteroatoms. The number of fused-ring (bicyclic) bond motifs is 1. The lowest BCUT2D eigenvalue weighted by molar-refractivity contribution is -0.422. The molecule has 5 nitrogen and oxygen atoms in total. The van der Waals surface area contributed by atoms with Crippen molar-refractivity contribution >= 4 is 6.08 Å². The maximum Gasteiger partial charge on any atom is 0.243 e. The molecule has 1 aliphatic rings. The summed E-state index contributed by atoms with van der Waals surface area (Å²) in [5, 5.41) is 10.5. The molecule has 0 fully saturated rings. The molecule has 0 bridgehead atoms. The van der Waals surface area contributed by atoms with E-state index in [4.69, 9.17) is 9.47 Å². The third kappa shape index (κ3) is 1.98. The van der Waals surface area contributed by atoms with Crippen molar-refractivity contribution in [1.82, 2.24) is 0 Å². The third-order valence-corrected chi connectivity index (χ3v) is 2.22. The van der Waals surface area contributed by atoms with Crippen molar-refractivity contribution in [3.8, 4) is 11.5 Å². The minimum absolute atomic E-state index is 0.0897. The van der Waals surface area contributed by atoms with Crippen molar-refractivity contribution in [3.63, 3.8) is 0 Å². The lowest BCUT2D eigenvalue weighted by atomic mass is 10.2. The van der Waals surface area contributed by atoms with Crippen LogP contribution in [0.4, 0.5) is 0 Å². The second kappa shape index (κ2) is 3.84. The van der Waals surface area contributed by atoms with Crippen LogP contribution in [-0.2, 0) is 0 Å². The van der Waals surface area contributed by atoms with Gasteiger partial charge in [-0.3, -0.25) is 10.1 Å². The number of rotatable bonds is 2. The van der Waals surface area contributed by atoms with Gasteiger partial charge in [0.15, 0.2) is 11.5 Å². The van der Waals surface area contributed by atoms with E-state index < -0.39 is 4.92 Å². The quantitative estimate of drug-likeness (QED) is 0.568. The highest BCUT2D eigenvalue weighted by Crippen LogP contribution is 2.35. The first-order chi connectivity index (χ1) is 7.56. The van der Waals surface area contributed by atoms with Gasteiger partial charge in [0.1, 0.15) is 0 Å². The molecule has 0 amide bonds. The Bertz CT molecular complexity index is 467. The number of ether oxygens (including phenoxy) is 2. The minimum Gasteiger partial charge on any atom is -0.451 e. The summed E-state index contributed by atoms with van der Waals surface area (Å²) in [5.41, 5.74) is 0.817. The number of benzene rings is 1. The highest BCUT2D eigenvalue weighted by molar-refractivity contribution is 5.57. The van der Waals surface area contributed by atoms with Gasteiger partial charge in [-0.05, 0) is 17.7 Å². The van der Waals surface area contributed by atoms with E-state index in [1.807, 2.05) is 0 Å². The van der Waals surface area contributed by atoms with Crippen molar-refractivity contribution in [1.29, 1.82) is 0 Å². The highest BCUT2D eigenvalue weighted by atomic mass is 16.7. The summed E-state index contributed by atoms with van der Waals surface area (Å²) in [6.45, 7) is 3.24. The zero-order chi connectivity index (χ0) is 11.7. The van der Waals surface area contributed by atoms with Crippen molar-refractivity contribution < 1.29 is 14.4 Å². The molecule has 1 unspecified atom stereocenters. The van der Waals surface area contributed by atoms with Gasteiger partial charge in [0.05, 0.1) is 4.92 Å². The fourth-order valence-electron chi connectivity index (χ4n) is 1.48. The Morgan fingerprint density at radius 1 is 1.44 bits per heavy atom. The van der Waals surface area contributed by atoms with Crippen molar-refractivity contribution in [3.05, 3.63) is 39.6 Å². The highest BCUT2D eigenvalue weighted by Gasteiger charge is 2.19. The number of nitrogens with zero attached hydrogens (tertiary/aromatic N) is 1. The molecule has 2 rings (SSSR count). The van der Waals surface area contributed by atoms with E-state index in [0.29, 0.717) is 11.5 Å². The Morgan fingerprint density at radius 2 is 2.12 bits per heavy atom. The summed E-state index contributed by atoms with van der Waals surface area (Å²) in [5.74, 6) is 1.29. The topological polar surface area (TPSA) is 61.6 Å². The minimum atomic E-state index is -0.423. The molecular weight excluding hydrogens is 210 g/mol. The predicted octanol–water partition coefficient (Wildman–Crippen LogP) is 2.44. The molecule has 1 heterocycles. The fraction of sp³-hybridized carbons (Fsp3) is 0.273. The zero-order valence-electron chi connectivity index (χ0n) is 8.97. The molecule has 0 N–H and O–H groups in total. The smallest absolute Gasteiger partial charge is 0.243 e. The number of allylic oxidation sites excluding steroid dienone is 1. The number of hydrogen-bond donors (Lipinski definition) is 0. The van der Waals surface area contributed by atoms with E-state index in [-0.39, 0.29) is 12.0 Å². The Balaban J connectivity index is 2.30. The Hall–Kier alpha value is -2.04. The molecule has 0 radical (unpaired) electrons.